The van der Waals surface area contributed by atoms with E-state index in [1.807, 2.05) is 54.3 Å². The van der Waals surface area contributed by atoms with E-state index in [0.29, 0.717) is 12.2 Å². The van der Waals surface area contributed by atoms with Crippen LogP contribution < -0.4 is 39.2 Å². The number of aryl methyl sites for hydroxylation is 1. The fourth-order valence-electron chi connectivity index (χ4n) is 8.77. The third-order valence-electron chi connectivity index (χ3n) is 11.8. The first-order chi connectivity index (χ1) is 27.9. The molecule has 60 heavy (non-hydrogen) atoms. The number of carbonyl (C=O) groups excluding carboxylic acids is 1. The van der Waals surface area contributed by atoms with Gasteiger partial charge in [0, 0.05) is 53.2 Å². The van der Waals surface area contributed by atoms with E-state index in [2.05, 4.69) is 51.3 Å². The monoisotopic (exact) mass is 843 g/mol. The summed E-state index contributed by atoms with van der Waals surface area (Å²) in [5, 5.41) is 20.3. The molecule has 0 aromatic heterocycles. The topological polar surface area (TPSA) is 164 Å². The van der Waals surface area contributed by atoms with Crippen LogP contribution in [-0.4, -0.2) is 70.7 Å². The molecule has 6 rings (SSSR count). The Morgan fingerprint density at radius 2 is 1.65 bits per heavy atom. The van der Waals surface area contributed by atoms with Crippen molar-refractivity contribution in [3.05, 3.63) is 130 Å². The molecule has 3 aliphatic rings. The second-order valence-electron chi connectivity index (χ2n) is 16.6. The zero-order chi connectivity index (χ0) is 42.9. The van der Waals surface area contributed by atoms with E-state index >= 15 is 0 Å². The number of allylic oxidation sites excluding steroid dienone is 8. The fraction of sp³-hybridized carbons (Fsp3) is 0.362. The van der Waals surface area contributed by atoms with E-state index in [9.17, 15) is 37.6 Å². The molecule has 1 aliphatic carbocycles. The second kappa shape index (κ2) is 18.6. The van der Waals surface area contributed by atoms with Crippen LogP contribution in [0.5, 0.6) is 5.75 Å². The SMILES string of the molecule is CCCC[N+]1=C(/C=C/C2=C(c3ccc(C(=O)O)cc3)C(=C/C=C3/N(CCCS(=O)(=O)[O-])c4ccc(C)cc4C3(C)C)/CC(C(=O)O)C2)C(C)(C)c2cc(OC=O)ccc21.[Na+]. The van der Waals surface area contributed by atoms with Crippen LogP contribution >= 0.6 is 0 Å². The van der Waals surface area contributed by atoms with Crippen molar-refractivity contribution in [2.75, 3.05) is 23.7 Å². The summed E-state index contributed by atoms with van der Waals surface area (Å²) in [5.41, 5.74) is 9.07. The van der Waals surface area contributed by atoms with Crippen LogP contribution in [0.2, 0.25) is 0 Å². The Kier molecular flexibility index (Phi) is 14.4. The number of carboxylic acid groups (broad SMARTS) is 2. The van der Waals surface area contributed by atoms with E-state index in [4.69, 9.17) is 4.74 Å². The minimum Gasteiger partial charge on any atom is -0.748 e. The number of anilines is 1. The number of nitrogens with zero attached hydrogens (tertiary/aromatic N) is 2. The number of rotatable bonds is 15. The molecule has 310 valence electrons. The van der Waals surface area contributed by atoms with E-state index in [-0.39, 0.29) is 60.9 Å². The first-order valence-electron chi connectivity index (χ1n) is 20.0. The first-order valence-corrected chi connectivity index (χ1v) is 21.6. The number of aromatic carboxylic acids is 1. The normalized spacial score (nSPS) is 19.4. The van der Waals surface area contributed by atoms with Crippen molar-refractivity contribution in [1.29, 1.82) is 0 Å². The number of ether oxygens (including phenoxy) is 1. The van der Waals surface area contributed by atoms with Crippen LogP contribution in [0.1, 0.15) is 99.3 Å². The molecule has 3 aromatic rings. The summed E-state index contributed by atoms with van der Waals surface area (Å²) in [6, 6.07) is 18.4. The molecule has 1 unspecified atom stereocenters. The molecular formula is C47H52N2NaO9S+. The summed E-state index contributed by atoms with van der Waals surface area (Å²) in [7, 11) is -4.43. The van der Waals surface area contributed by atoms with Gasteiger partial charge in [-0.3, -0.25) is 9.59 Å². The number of carbonyl (C=O) groups is 3. The number of aliphatic carboxylic acids is 1. The van der Waals surface area contributed by atoms with Gasteiger partial charge in [0.2, 0.25) is 5.69 Å². The molecule has 0 fully saturated rings. The van der Waals surface area contributed by atoms with Crippen molar-refractivity contribution in [2.24, 2.45) is 5.92 Å². The van der Waals surface area contributed by atoms with Crippen LogP contribution in [-0.2, 0) is 30.5 Å². The molecular weight excluding hydrogens is 792 g/mol. The van der Waals surface area contributed by atoms with Crippen molar-refractivity contribution in [2.45, 2.75) is 84.5 Å². The van der Waals surface area contributed by atoms with Gasteiger partial charge in [0.1, 0.15) is 12.3 Å². The summed E-state index contributed by atoms with van der Waals surface area (Å²) in [6.45, 7) is 14.0. The number of hydrogen-bond donors (Lipinski definition) is 2. The van der Waals surface area contributed by atoms with E-state index in [1.165, 1.54) is 0 Å². The predicted octanol–water partition coefficient (Wildman–Crippen LogP) is 5.46. The first kappa shape index (κ1) is 46.5. The van der Waals surface area contributed by atoms with E-state index in [1.54, 1.807) is 30.3 Å². The molecule has 11 nitrogen and oxygen atoms in total. The summed E-state index contributed by atoms with van der Waals surface area (Å²) in [5.74, 6) is -2.81. The minimum atomic E-state index is -4.43. The second-order valence-corrected chi connectivity index (χ2v) is 18.1. The quantitative estimate of drug-likeness (QED) is 0.0870. The number of carboxylic acids is 2. The number of fused-ring (bicyclic) bond motifs is 2. The zero-order valence-electron chi connectivity index (χ0n) is 35.4. The Labute approximate surface area is 374 Å². The minimum absolute atomic E-state index is 0. The Morgan fingerprint density at radius 3 is 2.28 bits per heavy atom. The number of hydrogen-bond acceptors (Lipinski definition) is 8. The third-order valence-corrected chi connectivity index (χ3v) is 12.6. The Balaban J connectivity index is 0.00000683. The van der Waals surface area contributed by atoms with E-state index in [0.717, 1.165) is 81.1 Å². The van der Waals surface area contributed by atoms with Gasteiger partial charge in [0.15, 0.2) is 5.71 Å². The van der Waals surface area contributed by atoms with Gasteiger partial charge in [-0.2, -0.15) is 4.58 Å². The molecule has 0 saturated carbocycles. The van der Waals surface area contributed by atoms with Crippen molar-refractivity contribution < 1.29 is 76.4 Å². The summed E-state index contributed by atoms with van der Waals surface area (Å²) >= 11 is 0. The molecule has 0 saturated heterocycles. The van der Waals surface area contributed by atoms with Crippen molar-refractivity contribution in [3.8, 4) is 5.75 Å². The molecule has 2 aliphatic heterocycles. The molecule has 0 spiro atoms. The van der Waals surface area contributed by atoms with Crippen molar-refractivity contribution >= 4 is 51.2 Å². The third kappa shape index (κ3) is 9.63. The predicted molar refractivity (Wildman–Crippen MR) is 228 cm³/mol. The maximum atomic E-state index is 12.9. The standard InChI is InChI=1S/C47H52N2O9S.Na/c1-7-8-22-48-40-19-17-36(58-29-50)28-38(40)47(5,6)42(48)21-16-34-27-35(45(53)54)26-33(43(34)31-11-13-32(14-12-31)44(51)52)15-20-41-46(3,4)37-25-30(2)10-18-39(37)49(41)23-9-24-59(55,56)57;/h10-21,25,28-29,35H,7-9,22-24,26-27H2,1-6H3,(H2-,51,52,53,54,55,56,57);/q;+1. The van der Waals surface area contributed by atoms with Gasteiger partial charge in [0.05, 0.1) is 27.0 Å². The molecule has 0 radical (unpaired) electrons. The van der Waals surface area contributed by atoms with Gasteiger partial charge in [0.25, 0.3) is 6.47 Å². The molecule has 13 heteroatoms. The van der Waals surface area contributed by atoms with Crippen LogP contribution in [0.25, 0.3) is 5.57 Å². The van der Waals surface area contributed by atoms with Gasteiger partial charge in [-0.05, 0) is 104 Å². The van der Waals surface area contributed by atoms with Crippen LogP contribution in [0.4, 0.5) is 11.4 Å². The maximum Gasteiger partial charge on any atom is 1.00 e. The van der Waals surface area contributed by atoms with Crippen LogP contribution in [0, 0.1) is 12.8 Å². The van der Waals surface area contributed by atoms with Gasteiger partial charge in [-0.25, -0.2) is 13.2 Å². The largest absolute Gasteiger partial charge is 1.00 e. The molecule has 2 N–H and O–H groups in total. The smallest absolute Gasteiger partial charge is 0.748 e. The van der Waals surface area contributed by atoms with Gasteiger partial charge < -0.3 is 24.4 Å². The molecule has 2 heterocycles. The summed E-state index contributed by atoms with van der Waals surface area (Å²) < 4.78 is 42.3. The van der Waals surface area contributed by atoms with Crippen LogP contribution in [0.3, 0.4) is 0 Å². The maximum absolute atomic E-state index is 12.9. The van der Waals surface area contributed by atoms with Crippen LogP contribution in [0.15, 0.2) is 102 Å². The number of benzene rings is 3. The Hall–Kier alpha value is -4.59. The molecule has 1 atom stereocenters. The average molecular weight is 844 g/mol. The fourth-order valence-corrected chi connectivity index (χ4v) is 9.25. The van der Waals surface area contributed by atoms with Gasteiger partial charge in [-0.1, -0.05) is 69.2 Å². The molecule has 0 bridgehead atoms. The average Bonchev–Trinajstić information content (AvgIpc) is 3.51. The summed E-state index contributed by atoms with van der Waals surface area (Å²) in [6.07, 6.45) is 10.4. The van der Waals surface area contributed by atoms with Gasteiger partial charge in [-0.15, -0.1) is 0 Å². The molecule has 0 amide bonds. The van der Waals surface area contributed by atoms with Gasteiger partial charge >= 0.3 is 41.5 Å². The Bertz CT molecular complexity index is 2460. The zero-order valence-corrected chi connectivity index (χ0v) is 38.3. The molecule has 3 aromatic carbocycles. The van der Waals surface area contributed by atoms with E-state index < -0.39 is 44.6 Å². The van der Waals surface area contributed by atoms with Crippen molar-refractivity contribution in [3.63, 3.8) is 0 Å². The Morgan fingerprint density at radius 1 is 0.933 bits per heavy atom. The number of unbranched alkanes of at least 4 members (excludes halogenated alkanes) is 1. The summed E-state index contributed by atoms with van der Waals surface area (Å²) in [4.78, 5) is 38.1. The van der Waals surface area contributed by atoms with Crippen molar-refractivity contribution in [1.82, 2.24) is 0 Å².